The molecule has 7 N–H and O–H groups in total. The number of aromatic nitrogens is 4. The zero-order chi connectivity index (χ0) is 51.0. The van der Waals surface area contributed by atoms with Gasteiger partial charge in [-0.1, -0.05) is 48.5 Å². The fourth-order valence-electron chi connectivity index (χ4n) is 7.86. The van der Waals surface area contributed by atoms with Gasteiger partial charge < -0.3 is 36.6 Å². The van der Waals surface area contributed by atoms with Crippen LogP contribution >= 0.6 is 0 Å². The summed E-state index contributed by atoms with van der Waals surface area (Å²) >= 11 is 0. The third-order valence-electron chi connectivity index (χ3n) is 11.2. The number of phenols is 2. The van der Waals surface area contributed by atoms with Gasteiger partial charge in [0.15, 0.2) is 0 Å². The quantitative estimate of drug-likeness (QED) is 0.0325. The van der Waals surface area contributed by atoms with Gasteiger partial charge in [0.05, 0.1) is 23.9 Å². The average molecular weight is 1010 g/mol. The van der Waals surface area contributed by atoms with Crippen LogP contribution in [0.3, 0.4) is 0 Å². The number of nitrogens with zero attached hydrogens (tertiary/aromatic N) is 6. The van der Waals surface area contributed by atoms with E-state index in [0.717, 1.165) is 34.1 Å². The number of alkyl carbamates (subject to hydrolysis) is 1. The Morgan fingerprint density at radius 3 is 1.70 bits per heavy atom. The number of sulfonamides is 2. The number of anilines is 2. The Labute approximate surface area is 416 Å². The minimum Gasteiger partial charge on any atom is -0.508 e. The molecule has 0 aliphatic rings. The highest BCUT2D eigenvalue weighted by molar-refractivity contribution is 7.88. The Hall–Kier alpha value is -6.71. The lowest BCUT2D eigenvalue weighted by Crippen LogP contribution is -2.38. The molecule has 0 unspecified atom stereocenters. The number of nitrogens with one attached hydrogen (secondary N) is 3. The van der Waals surface area contributed by atoms with E-state index in [9.17, 15) is 31.8 Å². The summed E-state index contributed by atoms with van der Waals surface area (Å²) in [5.74, 6) is 1.24. The van der Waals surface area contributed by atoms with Crippen LogP contribution in [0.2, 0.25) is 0 Å². The molecular formula is C51H64N10O8S2. The molecule has 0 saturated carbocycles. The molecule has 6 rings (SSSR count). The van der Waals surface area contributed by atoms with Crippen molar-refractivity contribution in [3.05, 3.63) is 143 Å². The van der Waals surface area contributed by atoms with Gasteiger partial charge >= 0.3 is 6.09 Å². The van der Waals surface area contributed by atoms with E-state index in [2.05, 4.69) is 30.9 Å². The molecule has 0 atom stereocenters. The van der Waals surface area contributed by atoms with Crippen LogP contribution in [-0.2, 0) is 57.1 Å². The lowest BCUT2D eigenvalue weighted by atomic mass is 9.94. The van der Waals surface area contributed by atoms with Crippen molar-refractivity contribution in [3.63, 3.8) is 0 Å². The Morgan fingerprint density at radius 2 is 1.14 bits per heavy atom. The molecule has 0 aliphatic carbocycles. The Bertz CT molecular complexity index is 2960. The largest absolute Gasteiger partial charge is 0.508 e. The molecule has 0 aliphatic heterocycles. The zero-order valence-corrected chi connectivity index (χ0v) is 42.2. The van der Waals surface area contributed by atoms with Crippen molar-refractivity contribution >= 4 is 38.0 Å². The number of carbonyl (C=O) groups excluding carboxylic acids is 1. The van der Waals surface area contributed by atoms with E-state index >= 15 is 0 Å². The number of hydrogen-bond acceptors (Lipinski definition) is 15. The van der Waals surface area contributed by atoms with E-state index in [1.165, 1.54) is 14.9 Å². The van der Waals surface area contributed by atoms with E-state index in [1.54, 1.807) is 74.8 Å². The van der Waals surface area contributed by atoms with Crippen LogP contribution in [0.25, 0.3) is 22.5 Å². The van der Waals surface area contributed by atoms with Gasteiger partial charge in [0.25, 0.3) is 0 Å². The van der Waals surface area contributed by atoms with E-state index < -0.39 is 31.7 Å². The van der Waals surface area contributed by atoms with Crippen molar-refractivity contribution in [2.24, 2.45) is 5.73 Å². The molecule has 0 bridgehead atoms. The van der Waals surface area contributed by atoms with Crippen LogP contribution in [0.15, 0.2) is 116 Å². The van der Waals surface area contributed by atoms with Crippen molar-refractivity contribution in [1.29, 1.82) is 0 Å². The fraction of sp³-hybridized carbons (Fsp3) is 0.353. The first-order valence-electron chi connectivity index (χ1n) is 23.3. The van der Waals surface area contributed by atoms with Crippen LogP contribution in [0.4, 0.5) is 16.7 Å². The molecule has 0 spiro atoms. The lowest BCUT2D eigenvalue weighted by molar-refractivity contribution is 0.0393. The SMILES string of the molecule is CC(C)(Cc1cc(CN(CCCN)S(C)(=O)=O)cc(-c2ccnc(NCCc3cccc(O)c3)n2)c1)OC(=O)NCCCN(Cc1cccc(-c2ccnc(NCCc3cccc(O)c3)n2)c1)S(C)(=O)=O. The third-order valence-corrected chi connectivity index (χ3v) is 13.7. The standard InChI is InChI=1S/C51H64N10O8S2/c1-51(2,34-40-28-41(36-60(26-8-20-52)70(3,65)66)31-43(30-40)47-19-25-56-49(59-47)54-23-17-38-11-7-15-45(63)33-38)69-50(64)57-21-9-27-61(71(4,67)68)35-39-12-5-13-42(29-39)46-18-24-55-48(58-46)53-22-16-37-10-6-14-44(62)32-37/h5-7,10-15,18-19,24-25,28-33,62-63H,8-9,16-17,20-23,26-27,34-36,52H2,1-4H3,(H,57,64)(H,53,55,58)(H,54,56,59). The zero-order valence-electron chi connectivity index (χ0n) is 40.6. The van der Waals surface area contributed by atoms with Crippen LogP contribution < -0.4 is 21.7 Å². The summed E-state index contributed by atoms with van der Waals surface area (Å²) < 4.78 is 60.3. The number of rotatable bonds is 26. The molecule has 378 valence electrons. The Morgan fingerprint density at radius 1 is 0.634 bits per heavy atom. The van der Waals surface area contributed by atoms with Crippen LogP contribution in [-0.4, -0.2) is 119 Å². The molecule has 0 radical (unpaired) electrons. The van der Waals surface area contributed by atoms with Crippen molar-refractivity contribution < 1.29 is 36.6 Å². The second-order valence-corrected chi connectivity index (χ2v) is 21.9. The second kappa shape index (κ2) is 24.9. The summed E-state index contributed by atoms with van der Waals surface area (Å²) in [6.45, 7) is 5.66. The molecule has 0 fully saturated rings. The predicted octanol–water partition coefficient (Wildman–Crippen LogP) is 6.33. The molecule has 18 nitrogen and oxygen atoms in total. The first-order valence-corrected chi connectivity index (χ1v) is 27.0. The maximum Gasteiger partial charge on any atom is 0.407 e. The molecule has 2 aromatic heterocycles. The lowest BCUT2D eigenvalue weighted by Gasteiger charge is -2.26. The predicted molar refractivity (Wildman–Crippen MR) is 277 cm³/mol. The van der Waals surface area contributed by atoms with E-state index in [-0.39, 0.29) is 50.6 Å². The molecule has 0 saturated heterocycles. The number of carbonyl (C=O) groups is 1. The Balaban J connectivity index is 1.06. The number of nitrogens with two attached hydrogens (primary N) is 1. The maximum absolute atomic E-state index is 13.2. The molecule has 20 heteroatoms. The van der Waals surface area contributed by atoms with Crippen molar-refractivity contribution in [2.75, 3.05) is 62.4 Å². The third kappa shape index (κ3) is 17.6. The summed E-state index contributed by atoms with van der Waals surface area (Å²) in [7, 11) is -7.22. The molecule has 1 amide bonds. The van der Waals surface area contributed by atoms with Crippen LogP contribution in [0.1, 0.15) is 54.5 Å². The van der Waals surface area contributed by atoms with Crippen LogP contribution in [0, 0.1) is 0 Å². The molecule has 71 heavy (non-hydrogen) atoms. The maximum atomic E-state index is 13.2. The number of ether oxygens (including phenoxy) is 1. The first-order chi connectivity index (χ1) is 33.8. The monoisotopic (exact) mass is 1010 g/mol. The topological polar surface area (TPSA) is 255 Å². The van der Waals surface area contributed by atoms with Gasteiger partial charge in [0, 0.05) is 75.8 Å². The smallest absolute Gasteiger partial charge is 0.407 e. The van der Waals surface area contributed by atoms with Crippen molar-refractivity contribution in [3.8, 4) is 34.0 Å². The minimum absolute atomic E-state index is 0.0855. The highest BCUT2D eigenvalue weighted by atomic mass is 32.2. The highest BCUT2D eigenvalue weighted by Crippen LogP contribution is 2.27. The fourth-order valence-corrected chi connectivity index (χ4v) is 9.55. The summed E-state index contributed by atoms with van der Waals surface area (Å²) in [6, 6.07) is 30.8. The van der Waals surface area contributed by atoms with E-state index in [4.69, 9.17) is 15.5 Å². The van der Waals surface area contributed by atoms with Gasteiger partial charge in [-0.2, -0.15) is 8.61 Å². The van der Waals surface area contributed by atoms with Gasteiger partial charge in [-0.15, -0.1) is 0 Å². The number of aromatic hydroxyl groups is 2. The summed E-state index contributed by atoms with van der Waals surface area (Å²) in [5.41, 5.74) is 11.6. The summed E-state index contributed by atoms with van der Waals surface area (Å²) in [6.07, 6.45) is 7.28. The molecule has 2 heterocycles. The van der Waals surface area contributed by atoms with Gasteiger partial charge in [0.2, 0.25) is 31.9 Å². The number of benzene rings is 4. The summed E-state index contributed by atoms with van der Waals surface area (Å²) in [5, 5.41) is 28.8. The summed E-state index contributed by atoms with van der Waals surface area (Å²) in [4.78, 5) is 31.4. The average Bonchev–Trinajstić information content (AvgIpc) is 3.30. The van der Waals surface area contributed by atoms with Gasteiger partial charge in [0.1, 0.15) is 17.1 Å². The van der Waals surface area contributed by atoms with E-state index in [0.29, 0.717) is 79.7 Å². The molecule has 6 aromatic rings. The second-order valence-electron chi connectivity index (χ2n) is 17.9. The van der Waals surface area contributed by atoms with Crippen molar-refractivity contribution in [2.45, 2.75) is 64.6 Å². The van der Waals surface area contributed by atoms with Gasteiger partial charge in [-0.3, -0.25) is 0 Å². The Kier molecular flexibility index (Phi) is 18.8. The number of hydrogen-bond donors (Lipinski definition) is 6. The molecular weight excluding hydrogens is 945 g/mol. The van der Waals surface area contributed by atoms with E-state index in [1.807, 2.05) is 54.6 Å². The normalized spacial score (nSPS) is 12.0. The van der Waals surface area contributed by atoms with Gasteiger partial charge in [-0.05, 0) is 128 Å². The minimum atomic E-state index is -3.64. The number of amides is 1. The number of phenolic OH excluding ortho intramolecular Hbond substituents is 2. The van der Waals surface area contributed by atoms with Gasteiger partial charge in [-0.25, -0.2) is 41.6 Å². The highest BCUT2D eigenvalue weighted by Gasteiger charge is 2.26. The van der Waals surface area contributed by atoms with Crippen molar-refractivity contribution in [1.82, 2.24) is 33.9 Å². The van der Waals surface area contributed by atoms with Crippen LogP contribution in [0.5, 0.6) is 11.5 Å². The molecule has 4 aromatic carbocycles. The first kappa shape index (κ1) is 53.6.